The lowest BCUT2D eigenvalue weighted by molar-refractivity contribution is -0.140. The normalized spacial score (nSPS) is 21.5. The van der Waals surface area contributed by atoms with E-state index in [0.717, 1.165) is 54.7 Å². The van der Waals surface area contributed by atoms with Crippen LogP contribution in [0.4, 0.5) is 0 Å². The van der Waals surface area contributed by atoms with Gasteiger partial charge in [0.15, 0.2) is 17.2 Å². The summed E-state index contributed by atoms with van der Waals surface area (Å²) in [6, 6.07) is 9.70. The molecule has 3 aliphatic rings. The lowest BCUT2D eigenvalue weighted by Gasteiger charge is -2.49. The van der Waals surface area contributed by atoms with Gasteiger partial charge in [0.05, 0.1) is 31.0 Å². The number of ether oxygens (including phenoxy) is 3. The Kier molecular flexibility index (Phi) is 4.98. The fourth-order valence-corrected chi connectivity index (χ4v) is 5.47. The van der Waals surface area contributed by atoms with Crippen molar-refractivity contribution in [3.05, 3.63) is 51.5 Å². The smallest absolute Gasteiger partial charge is 0.198 e. The van der Waals surface area contributed by atoms with Crippen molar-refractivity contribution in [2.24, 2.45) is 5.10 Å². The van der Waals surface area contributed by atoms with Crippen LogP contribution in [-0.2, 0) is 0 Å². The quantitative estimate of drug-likeness (QED) is 0.561. The molecule has 2 aromatic carbocycles. The molecule has 0 aromatic heterocycles. The number of rotatable bonds is 3. The molecule has 5 rings (SSSR count). The fraction of sp³-hybridized carbons (Fsp3) is 0.435. The number of hydrogen-bond donors (Lipinski definition) is 0. The van der Waals surface area contributed by atoms with E-state index in [0.29, 0.717) is 21.5 Å². The van der Waals surface area contributed by atoms with Crippen LogP contribution in [0.25, 0.3) is 0 Å². The highest BCUT2D eigenvalue weighted by Crippen LogP contribution is 2.53. The maximum absolute atomic E-state index is 6.61. The zero-order valence-electron chi connectivity index (χ0n) is 17.1. The Hall–Kier alpha value is -2.11. The molecule has 0 radical (unpaired) electrons. The summed E-state index contributed by atoms with van der Waals surface area (Å²) < 4.78 is 17.5. The predicted molar refractivity (Wildman–Crippen MR) is 118 cm³/mol. The van der Waals surface area contributed by atoms with Gasteiger partial charge in [-0.3, -0.25) is 0 Å². The van der Waals surface area contributed by atoms with Crippen molar-refractivity contribution >= 4 is 28.9 Å². The van der Waals surface area contributed by atoms with E-state index in [1.807, 2.05) is 24.3 Å². The number of halogens is 2. The van der Waals surface area contributed by atoms with Gasteiger partial charge in [0.2, 0.25) is 0 Å². The molecule has 1 fully saturated rings. The second-order valence-electron chi connectivity index (χ2n) is 8.10. The molecule has 158 valence electrons. The lowest BCUT2D eigenvalue weighted by Crippen LogP contribution is -2.54. The van der Waals surface area contributed by atoms with Crippen LogP contribution in [0.3, 0.4) is 0 Å². The van der Waals surface area contributed by atoms with Gasteiger partial charge in [-0.2, -0.15) is 5.10 Å². The van der Waals surface area contributed by atoms with Gasteiger partial charge >= 0.3 is 0 Å². The number of benzene rings is 2. The van der Waals surface area contributed by atoms with E-state index in [1.54, 1.807) is 20.3 Å². The van der Waals surface area contributed by atoms with Gasteiger partial charge in [0, 0.05) is 35.4 Å². The molecule has 1 aliphatic carbocycles. The van der Waals surface area contributed by atoms with Crippen LogP contribution in [0.5, 0.6) is 17.2 Å². The van der Waals surface area contributed by atoms with Crippen LogP contribution in [0, 0.1) is 0 Å². The van der Waals surface area contributed by atoms with Crippen LogP contribution in [-0.4, -0.2) is 30.7 Å². The fourth-order valence-electron chi connectivity index (χ4n) is 4.93. The van der Waals surface area contributed by atoms with Crippen molar-refractivity contribution < 1.29 is 14.2 Å². The Morgan fingerprint density at radius 3 is 2.53 bits per heavy atom. The Bertz CT molecular complexity index is 1020. The molecule has 5 nitrogen and oxygen atoms in total. The summed E-state index contributed by atoms with van der Waals surface area (Å²) in [5.74, 6) is 2.15. The van der Waals surface area contributed by atoms with Crippen molar-refractivity contribution in [1.82, 2.24) is 5.01 Å². The highest BCUT2D eigenvalue weighted by molar-refractivity contribution is 6.35. The van der Waals surface area contributed by atoms with Gasteiger partial charge in [-0.05, 0) is 43.2 Å². The molecular weight excluding hydrogens is 423 g/mol. The molecule has 1 atom stereocenters. The first-order chi connectivity index (χ1) is 14.5. The van der Waals surface area contributed by atoms with Crippen LogP contribution >= 0.6 is 23.2 Å². The maximum Gasteiger partial charge on any atom is 0.198 e. The average molecular weight is 447 g/mol. The number of hydrazone groups is 1. The van der Waals surface area contributed by atoms with E-state index in [9.17, 15) is 0 Å². The molecule has 0 bridgehead atoms. The average Bonchev–Trinajstić information content (AvgIpc) is 3.22. The zero-order valence-corrected chi connectivity index (χ0v) is 18.6. The number of methoxy groups -OCH3 is 2. The monoisotopic (exact) mass is 446 g/mol. The molecule has 1 spiro atoms. The molecule has 0 unspecified atom stereocenters. The van der Waals surface area contributed by atoms with Gasteiger partial charge in [0.25, 0.3) is 0 Å². The lowest BCUT2D eigenvalue weighted by atomic mass is 9.86. The van der Waals surface area contributed by atoms with Gasteiger partial charge < -0.3 is 14.2 Å². The van der Waals surface area contributed by atoms with Crippen molar-refractivity contribution in [3.8, 4) is 17.2 Å². The first kappa shape index (κ1) is 19.8. The molecule has 0 N–H and O–H groups in total. The molecule has 0 saturated heterocycles. The summed E-state index contributed by atoms with van der Waals surface area (Å²) in [4.78, 5) is 0. The van der Waals surface area contributed by atoms with Gasteiger partial charge in [-0.15, -0.1) is 0 Å². The number of hydrogen-bond acceptors (Lipinski definition) is 5. The molecule has 30 heavy (non-hydrogen) atoms. The summed E-state index contributed by atoms with van der Waals surface area (Å²) in [7, 11) is 3.28. The second kappa shape index (κ2) is 7.54. The van der Waals surface area contributed by atoms with Crippen LogP contribution in [0.1, 0.15) is 55.7 Å². The summed E-state index contributed by atoms with van der Waals surface area (Å²) in [5.41, 5.74) is 2.56. The van der Waals surface area contributed by atoms with E-state index in [2.05, 4.69) is 5.01 Å². The Morgan fingerprint density at radius 2 is 1.80 bits per heavy atom. The summed E-state index contributed by atoms with van der Waals surface area (Å²) >= 11 is 12.9. The SMILES string of the molecule is COc1ccc(C2=NN3[C@@H](C2)c2cc(Cl)cc(Cl)c2OC32CCCCC2)cc1OC. The standard InChI is InChI=1S/C23H24Cl2N2O3/c1-28-20-7-6-14(10-21(20)29-2)18-13-19-16-11-15(24)12-17(25)22(16)30-23(27(19)26-18)8-4-3-5-9-23/h6-7,10-12,19H,3-5,8-9,13H2,1-2H3/t19-/m0/s1. The Morgan fingerprint density at radius 1 is 1.03 bits per heavy atom. The summed E-state index contributed by atoms with van der Waals surface area (Å²) in [5, 5.41) is 8.45. The Balaban J connectivity index is 1.60. The first-order valence-corrected chi connectivity index (χ1v) is 11.1. The van der Waals surface area contributed by atoms with E-state index in [4.69, 9.17) is 42.5 Å². The second-order valence-corrected chi connectivity index (χ2v) is 8.94. The molecule has 2 aromatic rings. The highest BCUT2D eigenvalue weighted by Gasteiger charge is 2.51. The molecule has 2 aliphatic heterocycles. The van der Waals surface area contributed by atoms with Crippen LogP contribution < -0.4 is 14.2 Å². The van der Waals surface area contributed by atoms with E-state index < -0.39 is 5.72 Å². The highest BCUT2D eigenvalue weighted by atomic mass is 35.5. The minimum Gasteiger partial charge on any atom is -0.493 e. The minimum absolute atomic E-state index is 0.0474. The zero-order chi connectivity index (χ0) is 20.9. The molecule has 7 heteroatoms. The Labute approximate surface area is 186 Å². The predicted octanol–water partition coefficient (Wildman–Crippen LogP) is 6.21. The van der Waals surface area contributed by atoms with E-state index in [1.165, 1.54) is 6.42 Å². The minimum atomic E-state index is -0.453. The molecular formula is C23H24Cl2N2O3. The molecule has 2 heterocycles. The topological polar surface area (TPSA) is 43.3 Å². The van der Waals surface area contributed by atoms with Crippen molar-refractivity contribution in [3.63, 3.8) is 0 Å². The van der Waals surface area contributed by atoms with Crippen molar-refractivity contribution in [1.29, 1.82) is 0 Å². The van der Waals surface area contributed by atoms with Crippen LogP contribution in [0.2, 0.25) is 10.0 Å². The van der Waals surface area contributed by atoms with Gasteiger partial charge in [-0.25, -0.2) is 5.01 Å². The van der Waals surface area contributed by atoms with Crippen LogP contribution in [0.15, 0.2) is 35.4 Å². The van der Waals surface area contributed by atoms with Gasteiger partial charge in [-0.1, -0.05) is 29.6 Å². The summed E-state index contributed by atoms with van der Waals surface area (Å²) in [6.07, 6.45) is 6.08. The van der Waals surface area contributed by atoms with E-state index in [-0.39, 0.29) is 6.04 Å². The number of fused-ring (bicyclic) bond motifs is 4. The largest absolute Gasteiger partial charge is 0.493 e. The maximum atomic E-state index is 6.61. The molecule has 0 amide bonds. The third kappa shape index (κ3) is 3.10. The third-order valence-electron chi connectivity index (χ3n) is 6.37. The van der Waals surface area contributed by atoms with Gasteiger partial charge in [0.1, 0.15) is 5.75 Å². The van der Waals surface area contributed by atoms with Crippen molar-refractivity contribution in [2.75, 3.05) is 14.2 Å². The summed E-state index contributed by atoms with van der Waals surface area (Å²) in [6.45, 7) is 0. The molecule has 1 saturated carbocycles. The van der Waals surface area contributed by atoms with E-state index >= 15 is 0 Å². The number of nitrogens with zero attached hydrogens (tertiary/aromatic N) is 2. The first-order valence-electron chi connectivity index (χ1n) is 10.3. The van der Waals surface area contributed by atoms with Crippen molar-refractivity contribution in [2.45, 2.75) is 50.3 Å². The third-order valence-corrected chi connectivity index (χ3v) is 6.87.